The number of amides is 1. The summed E-state index contributed by atoms with van der Waals surface area (Å²) in [5, 5.41) is 11.8. The third kappa shape index (κ3) is 4.19. The first-order valence-corrected chi connectivity index (χ1v) is 10.7. The van der Waals surface area contributed by atoms with Crippen molar-refractivity contribution in [3.63, 3.8) is 0 Å². The molecule has 7 heteroatoms. The molecule has 164 valence electrons. The first-order chi connectivity index (χ1) is 15.3. The number of aromatic nitrogens is 4. The number of anilines is 1. The number of carbonyl (C=O) groups is 1. The van der Waals surface area contributed by atoms with Gasteiger partial charge in [-0.15, -0.1) is 0 Å². The fraction of sp³-hybridized carbons (Fsp3) is 0.280. The van der Waals surface area contributed by atoms with Gasteiger partial charge < -0.3 is 9.84 Å². The Bertz CT molecular complexity index is 1250. The van der Waals surface area contributed by atoms with Gasteiger partial charge in [-0.25, -0.2) is 4.68 Å². The van der Waals surface area contributed by atoms with Gasteiger partial charge in [0.05, 0.1) is 29.1 Å². The van der Waals surface area contributed by atoms with Crippen LogP contribution < -0.4 is 5.32 Å². The molecule has 0 atom stereocenters. The molecule has 2 heterocycles. The largest absolute Gasteiger partial charge is 0.334 e. The van der Waals surface area contributed by atoms with Crippen molar-refractivity contribution in [2.24, 2.45) is 0 Å². The minimum Gasteiger partial charge on any atom is -0.334 e. The molecule has 1 N–H and O–H groups in total. The van der Waals surface area contributed by atoms with E-state index in [0.29, 0.717) is 23.0 Å². The molecular formula is C25H27N5O2. The number of benzene rings is 2. The molecule has 0 spiro atoms. The number of hydrogen-bond donors (Lipinski definition) is 1. The van der Waals surface area contributed by atoms with E-state index in [4.69, 9.17) is 4.52 Å². The predicted octanol–water partition coefficient (Wildman–Crippen LogP) is 5.15. The zero-order valence-corrected chi connectivity index (χ0v) is 19.0. The standard InChI is InChI=1S/C25H27N5O2/c1-15(2)24-27-25(32-29-24)20-13-9-10-16(3)23(20)26-22(31)14-21-17(4)28-30(18(21)5)19-11-7-6-8-12-19/h6-13,15H,14H2,1-5H3,(H,26,31). The Kier molecular flexibility index (Phi) is 5.90. The molecule has 0 aliphatic rings. The Morgan fingerprint density at radius 2 is 1.81 bits per heavy atom. The Hall–Kier alpha value is -3.74. The minimum absolute atomic E-state index is 0.122. The van der Waals surface area contributed by atoms with Crippen LogP contribution in [-0.2, 0) is 11.2 Å². The topological polar surface area (TPSA) is 85.8 Å². The molecule has 0 aliphatic heterocycles. The fourth-order valence-corrected chi connectivity index (χ4v) is 3.69. The Labute approximate surface area is 187 Å². The monoisotopic (exact) mass is 429 g/mol. The summed E-state index contributed by atoms with van der Waals surface area (Å²) in [4.78, 5) is 17.6. The van der Waals surface area contributed by atoms with Gasteiger partial charge in [-0.05, 0) is 44.5 Å². The third-order valence-corrected chi connectivity index (χ3v) is 5.51. The SMILES string of the molecule is Cc1cccc(-c2nc(C(C)C)no2)c1NC(=O)Cc1c(C)nn(-c2ccccc2)c1C. The summed E-state index contributed by atoms with van der Waals surface area (Å²) in [6.45, 7) is 9.88. The van der Waals surface area contributed by atoms with Crippen LogP contribution in [0.25, 0.3) is 17.1 Å². The first kappa shape index (κ1) is 21.5. The van der Waals surface area contributed by atoms with E-state index in [0.717, 1.165) is 28.2 Å². The van der Waals surface area contributed by atoms with Gasteiger partial charge in [0.25, 0.3) is 5.89 Å². The van der Waals surface area contributed by atoms with E-state index in [9.17, 15) is 4.79 Å². The van der Waals surface area contributed by atoms with Crippen molar-refractivity contribution in [1.82, 2.24) is 19.9 Å². The molecule has 4 aromatic rings. The van der Waals surface area contributed by atoms with Crippen molar-refractivity contribution in [1.29, 1.82) is 0 Å². The first-order valence-electron chi connectivity index (χ1n) is 10.7. The van der Waals surface area contributed by atoms with E-state index in [1.54, 1.807) is 0 Å². The summed E-state index contributed by atoms with van der Waals surface area (Å²) in [6.07, 6.45) is 0.222. The van der Waals surface area contributed by atoms with Gasteiger partial charge in [-0.1, -0.05) is 49.3 Å². The number of carbonyl (C=O) groups excluding carboxylic acids is 1. The summed E-state index contributed by atoms with van der Waals surface area (Å²) in [5.74, 6) is 1.07. The van der Waals surface area contributed by atoms with Crippen molar-refractivity contribution in [2.75, 3.05) is 5.32 Å². The lowest BCUT2D eigenvalue weighted by Gasteiger charge is -2.12. The average molecular weight is 430 g/mol. The molecule has 32 heavy (non-hydrogen) atoms. The third-order valence-electron chi connectivity index (χ3n) is 5.51. The van der Waals surface area contributed by atoms with E-state index < -0.39 is 0 Å². The van der Waals surface area contributed by atoms with Crippen LogP contribution in [0.4, 0.5) is 5.69 Å². The number of nitrogens with zero attached hydrogens (tertiary/aromatic N) is 4. The quantitative estimate of drug-likeness (QED) is 0.458. The molecule has 0 radical (unpaired) electrons. The number of hydrogen-bond acceptors (Lipinski definition) is 5. The maximum absolute atomic E-state index is 13.1. The van der Waals surface area contributed by atoms with Crippen molar-refractivity contribution in [2.45, 2.75) is 47.0 Å². The second-order valence-electron chi connectivity index (χ2n) is 8.23. The minimum atomic E-state index is -0.122. The smallest absolute Gasteiger partial charge is 0.260 e. The fourth-order valence-electron chi connectivity index (χ4n) is 3.69. The van der Waals surface area contributed by atoms with Crippen molar-refractivity contribution >= 4 is 11.6 Å². The van der Waals surface area contributed by atoms with Crippen LogP contribution in [0, 0.1) is 20.8 Å². The van der Waals surface area contributed by atoms with Gasteiger partial charge in [-0.2, -0.15) is 10.1 Å². The molecular weight excluding hydrogens is 402 g/mol. The Morgan fingerprint density at radius 1 is 1.06 bits per heavy atom. The highest BCUT2D eigenvalue weighted by Crippen LogP contribution is 2.31. The van der Waals surface area contributed by atoms with Crippen LogP contribution in [0.15, 0.2) is 53.1 Å². The molecule has 7 nitrogen and oxygen atoms in total. The molecule has 2 aromatic heterocycles. The van der Waals surface area contributed by atoms with Crippen LogP contribution in [-0.4, -0.2) is 25.8 Å². The van der Waals surface area contributed by atoms with Gasteiger partial charge in [-0.3, -0.25) is 4.79 Å². The van der Waals surface area contributed by atoms with Crippen LogP contribution in [0.3, 0.4) is 0 Å². The van der Waals surface area contributed by atoms with Gasteiger partial charge in [0.15, 0.2) is 5.82 Å². The van der Waals surface area contributed by atoms with Crippen LogP contribution in [0.1, 0.15) is 48.1 Å². The molecule has 0 aliphatic carbocycles. The molecule has 0 unspecified atom stereocenters. The van der Waals surface area contributed by atoms with E-state index in [1.165, 1.54) is 0 Å². The molecule has 4 rings (SSSR count). The molecule has 2 aromatic carbocycles. The average Bonchev–Trinajstić information content (AvgIpc) is 3.37. The Morgan fingerprint density at radius 3 is 2.50 bits per heavy atom. The van der Waals surface area contributed by atoms with Gasteiger partial charge in [0.2, 0.25) is 5.91 Å². The molecule has 0 saturated heterocycles. The van der Waals surface area contributed by atoms with Crippen LogP contribution >= 0.6 is 0 Å². The van der Waals surface area contributed by atoms with Crippen molar-refractivity contribution < 1.29 is 9.32 Å². The zero-order chi connectivity index (χ0) is 22.8. The van der Waals surface area contributed by atoms with E-state index in [1.807, 2.05) is 87.8 Å². The highest BCUT2D eigenvalue weighted by atomic mass is 16.5. The van der Waals surface area contributed by atoms with Gasteiger partial charge in [0, 0.05) is 17.2 Å². The normalized spacial score (nSPS) is 11.2. The van der Waals surface area contributed by atoms with Crippen LogP contribution in [0.2, 0.25) is 0 Å². The molecule has 0 fully saturated rings. The summed E-state index contributed by atoms with van der Waals surface area (Å²) in [5.41, 5.74) is 6.00. The van der Waals surface area contributed by atoms with Crippen LogP contribution in [0.5, 0.6) is 0 Å². The summed E-state index contributed by atoms with van der Waals surface area (Å²) in [6, 6.07) is 15.7. The molecule has 1 amide bonds. The molecule has 0 saturated carbocycles. The maximum Gasteiger partial charge on any atom is 0.260 e. The maximum atomic E-state index is 13.1. The molecule has 0 bridgehead atoms. The Balaban J connectivity index is 1.60. The van der Waals surface area contributed by atoms with Crippen molar-refractivity contribution in [3.05, 3.63) is 76.9 Å². The highest BCUT2D eigenvalue weighted by Gasteiger charge is 2.20. The summed E-state index contributed by atoms with van der Waals surface area (Å²) < 4.78 is 7.35. The lowest BCUT2D eigenvalue weighted by Crippen LogP contribution is -2.17. The summed E-state index contributed by atoms with van der Waals surface area (Å²) >= 11 is 0. The number of rotatable bonds is 6. The van der Waals surface area contributed by atoms with Crippen molar-refractivity contribution in [3.8, 4) is 17.1 Å². The number of para-hydroxylation sites is 2. The van der Waals surface area contributed by atoms with E-state index in [-0.39, 0.29) is 18.2 Å². The second kappa shape index (κ2) is 8.78. The lowest BCUT2D eigenvalue weighted by molar-refractivity contribution is -0.115. The second-order valence-corrected chi connectivity index (χ2v) is 8.23. The van der Waals surface area contributed by atoms with Gasteiger partial charge >= 0.3 is 0 Å². The predicted molar refractivity (Wildman–Crippen MR) is 124 cm³/mol. The van der Waals surface area contributed by atoms with E-state index >= 15 is 0 Å². The number of nitrogens with one attached hydrogen (secondary N) is 1. The zero-order valence-electron chi connectivity index (χ0n) is 19.0. The number of aryl methyl sites for hydroxylation is 2. The van der Waals surface area contributed by atoms with E-state index in [2.05, 4.69) is 20.6 Å². The summed E-state index contributed by atoms with van der Waals surface area (Å²) in [7, 11) is 0. The lowest BCUT2D eigenvalue weighted by atomic mass is 10.1. The highest BCUT2D eigenvalue weighted by molar-refractivity contribution is 5.97. The van der Waals surface area contributed by atoms with Gasteiger partial charge in [0.1, 0.15) is 0 Å².